The van der Waals surface area contributed by atoms with Crippen LogP contribution >= 0.6 is 0 Å². The molecule has 0 aliphatic heterocycles. The topological polar surface area (TPSA) is 76.1 Å². The Hall–Kier alpha value is -2.58. The van der Waals surface area contributed by atoms with Crippen molar-refractivity contribution in [1.82, 2.24) is 4.31 Å². The molecule has 0 heterocycles. The Morgan fingerprint density at radius 1 is 1.07 bits per heavy atom. The molecule has 0 fully saturated rings. The van der Waals surface area contributed by atoms with E-state index in [0.29, 0.717) is 22.7 Å². The molecule has 0 unspecified atom stereocenters. The lowest BCUT2D eigenvalue weighted by atomic mass is 10.2. The van der Waals surface area contributed by atoms with E-state index in [4.69, 9.17) is 9.47 Å². The molecule has 27 heavy (non-hydrogen) atoms. The number of benzene rings is 2. The van der Waals surface area contributed by atoms with Crippen molar-refractivity contribution >= 4 is 21.6 Å². The molecule has 0 aliphatic rings. The minimum atomic E-state index is -3.51. The molecular formula is C19H24N2O5S. The molecule has 146 valence electrons. The number of carbonyl (C=O) groups excluding carboxylic acids is 1. The summed E-state index contributed by atoms with van der Waals surface area (Å²) >= 11 is 0. The fraction of sp³-hybridized carbons (Fsp3) is 0.316. The molecule has 2 aromatic carbocycles. The van der Waals surface area contributed by atoms with E-state index in [0.717, 1.165) is 4.31 Å². The van der Waals surface area contributed by atoms with Crippen LogP contribution in [0.3, 0.4) is 0 Å². The van der Waals surface area contributed by atoms with Gasteiger partial charge >= 0.3 is 0 Å². The van der Waals surface area contributed by atoms with Crippen molar-refractivity contribution < 1.29 is 22.7 Å². The van der Waals surface area contributed by atoms with Crippen LogP contribution in [-0.2, 0) is 14.8 Å². The van der Waals surface area contributed by atoms with Gasteiger partial charge in [0.05, 0.1) is 12.0 Å². The van der Waals surface area contributed by atoms with Gasteiger partial charge in [0, 0.05) is 32.9 Å². The fourth-order valence-corrected chi connectivity index (χ4v) is 3.34. The predicted octanol–water partition coefficient (Wildman–Crippen LogP) is 2.30. The van der Waals surface area contributed by atoms with Gasteiger partial charge in [-0.1, -0.05) is 6.07 Å². The van der Waals surface area contributed by atoms with Gasteiger partial charge in [-0.2, -0.15) is 0 Å². The van der Waals surface area contributed by atoms with Crippen LogP contribution < -0.4 is 14.4 Å². The minimum absolute atomic E-state index is 0.172. The summed E-state index contributed by atoms with van der Waals surface area (Å²) in [4.78, 5) is 14.1. The van der Waals surface area contributed by atoms with Gasteiger partial charge in [-0.25, -0.2) is 12.7 Å². The zero-order valence-corrected chi connectivity index (χ0v) is 16.9. The number of sulfonamides is 1. The number of anilines is 1. The maximum atomic E-state index is 12.4. The zero-order chi connectivity index (χ0) is 20.2. The Kier molecular flexibility index (Phi) is 6.45. The van der Waals surface area contributed by atoms with Crippen LogP contribution in [0, 0.1) is 6.92 Å². The van der Waals surface area contributed by atoms with Crippen molar-refractivity contribution in [3.63, 3.8) is 0 Å². The van der Waals surface area contributed by atoms with E-state index in [-0.39, 0.29) is 17.4 Å². The van der Waals surface area contributed by atoms with E-state index in [1.54, 1.807) is 51.4 Å². The van der Waals surface area contributed by atoms with Gasteiger partial charge in [0.15, 0.2) is 6.61 Å². The summed E-state index contributed by atoms with van der Waals surface area (Å²) in [6.45, 7) is 1.56. The van der Waals surface area contributed by atoms with Gasteiger partial charge in [0.25, 0.3) is 5.91 Å². The third kappa shape index (κ3) is 4.78. The number of nitrogens with zero attached hydrogens (tertiary/aromatic N) is 2. The van der Waals surface area contributed by atoms with Gasteiger partial charge in [0.2, 0.25) is 10.0 Å². The van der Waals surface area contributed by atoms with Crippen molar-refractivity contribution in [2.45, 2.75) is 11.8 Å². The lowest BCUT2D eigenvalue weighted by Crippen LogP contribution is -2.31. The summed E-state index contributed by atoms with van der Waals surface area (Å²) in [7, 11) is 2.65. The molecule has 0 N–H and O–H groups in total. The molecule has 0 radical (unpaired) electrons. The summed E-state index contributed by atoms with van der Waals surface area (Å²) in [6, 6.07) is 11.7. The molecule has 0 aromatic heterocycles. The Balaban J connectivity index is 2.08. The second kappa shape index (κ2) is 8.41. The van der Waals surface area contributed by atoms with Gasteiger partial charge < -0.3 is 14.4 Å². The molecule has 0 spiro atoms. The molecule has 0 saturated carbocycles. The number of amides is 1. The first kappa shape index (κ1) is 20.7. The lowest BCUT2D eigenvalue weighted by molar-refractivity contribution is -0.120. The van der Waals surface area contributed by atoms with Crippen LogP contribution in [0.25, 0.3) is 0 Å². The highest BCUT2D eigenvalue weighted by atomic mass is 32.2. The van der Waals surface area contributed by atoms with Gasteiger partial charge in [-0.3, -0.25) is 4.79 Å². The molecule has 2 aromatic rings. The first-order chi connectivity index (χ1) is 12.7. The average Bonchev–Trinajstić information content (AvgIpc) is 2.65. The number of hydrogen-bond acceptors (Lipinski definition) is 5. The lowest BCUT2D eigenvalue weighted by Gasteiger charge is -2.19. The van der Waals surface area contributed by atoms with Crippen LogP contribution in [0.15, 0.2) is 47.4 Å². The first-order valence-electron chi connectivity index (χ1n) is 8.23. The van der Waals surface area contributed by atoms with Crippen molar-refractivity contribution in [2.24, 2.45) is 0 Å². The van der Waals surface area contributed by atoms with E-state index in [2.05, 4.69) is 0 Å². The molecule has 8 heteroatoms. The van der Waals surface area contributed by atoms with Crippen LogP contribution in [0.4, 0.5) is 5.69 Å². The predicted molar refractivity (Wildman–Crippen MR) is 104 cm³/mol. The smallest absolute Gasteiger partial charge is 0.264 e. The number of likely N-dealkylation sites (N-methyl/N-ethyl adjacent to an activating group) is 1. The van der Waals surface area contributed by atoms with E-state index in [1.165, 1.54) is 31.1 Å². The second-order valence-electron chi connectivity index (χ2n) is 6.16. The number of methoxy groups -OCH3 is 1. The molecule has 1 amide bonds. The van der Waals surface area contributed by atoms with E-state index >= 15 is 0 Å². The quantitative estimate of drug-likeness (QED) is 0.723. The maximum Gasteiger partial charge on any atom is 0.264 e. The Labute approximate surface area is 160 Å². The van der Waals surface area contributed by atoms with E-state index in [9.17, 15) is 13.2 Å². The number of rotatable bonds is 7. The summed E-state index contributed by atoms with van der Waals surface area (Å²) in [5.74, 6) is 0.870. The van der Waals surface area contributed by atoms with Crippen molar-refractivity contribution in [2.75, 3.05) is 39.8 Å². The number of hydrogen-bond donors (Lipinski definition) is 0. The van der Waals surface area contributed by atoms with Crippen LogP contribution in [-0.4, -0.2) is 53.5 Å². The van der Waals surface area contributed by atoms with Crippen LogP contribution in [0.5, 0.6) is 11.5 Å². The molecular weight excluding hydrogens is 368 g/mol. The third-order valence-electron chi connectivity index (χ3n) is 4.09. The highest BCUT2D eigenvalue weighted by molar-refractivity contribution is 7.89. The summed E-state index contributed by atoms with van der Waals surface area (Å²) in [6.07, 6.45) is 0. The fourth-order valence-electron chi connectivity index (χ4n) is 2.35. The Morgan fingerprint density at radius 2 is 1.78 bits per heavy atom. The van der Waals surface area contributed by atoms with Crippen LogP contribution in [0.1, 0.15) is 5.56 Å². The number of ether oxygens (including phenoxy) is 2. The molecule has 7 nitrogen and oxygen atoms in total. The maximum absolute atomic E-state index is 12.4. The molecule has 0 atom stereocenters. The van der Waals surface area contributed by atoms with Gasteiger partial charge in [-0.15, -0.1) is 0 Å². The van der Waals surface area contributed by atoms with Crippen LogP contribution in [0.2, 0.25) is 0 Å². The molecule has 0 aliphatic carbocycles. The molecule has 0 bridgehead atoms. The SMILES string of the molecule is COc1cccc(N(C)C(=O)COc2ccc(S(=O)(=O)N(C)C)cc2C)c1. The number of carbonyl (C=O) groups is 1. The summed E-state index contributed by atoms with van der Waals surface area (Å²) in [5.41, 5.74) is 1.32. The molecule has 0 saturated heterocycles. The average molecular weight is 392 g/mol. The second-order valence-corrected chi connectivity index (χ2v) is 8.31. The normalized spacial score (nSPS) is 11.3. The van der Waals surface area contributed by atoms with E-state index in [1.807, 2.05) is 0 Å². The molecule has 2 rings (SSSR count). The van der Waals surface area contributed by atoms with Crippen molar-refractivity contribution in [3.8, 4) is 11.5 Å². The zero-order valence-electron chi connectivity index (χ0n) is 16.1. The minimum Gasteiger partial charge on any atom is -0.497 e. The first-order valence-corrected chi connectivity index (χ1v) is 9.67. The largest absolute Gasteiger partial charge is 0.497 e. The van der Waals surface area contributed by atoms with Gasteiger partial charge in [0.1, 0.15) is 11.5 Å². The Bertz CT molecular complexity index is 925. The standard InChI is InChI=1S/C19H24N2O5S/c1-14-11-17(27(23,24)20(2)3)9-10-18(14)26-13-19(22)21(4)15-7-6-8-16(12-15)25-5/h6-12H,13H2,1-5H3. The Morgan fingerprint density at radius 3 is 2.37 bits per heavy atom. The van der Waals surface area contributed by atoms with E-state index < -0.39 is 10.0 Å². The van der Waals surface area contributed by atoms with Crippen molar-refractivity contribution in [1.29, 1.82) is 0 Å². The van der Waals surface area contributed by atoms with Gasteiger partial charge in [-0.05, 0) is 42.8 Å². The van der Waals surface area contributed by atoms with Crippen molar-refractivity contribution in [3.05, 3.63) is 48.0 Å². The number of aryl methyl sites for hydroxylation is 1. The third-order valence-corrected chi connectivity index (χ3v) is 5.90. The highest BCUT2D eigenvalue weighted by Gasteiger charge is 2.19. The summed E-state index contributed by atoms with van der Waals surface area (Å²) < 4.78 is 36.3. The monoisotopic (exact) mass is 392 g/mol. The highest BCUT2D eigenvalue weighted by Crippen LogP contribution is 2.24. The summed E-state index contributed by atoms with van der Waals surface area (Å²) in [5, 5.41) is 0.